The Morgan fingerprint density at radius 3 is 2.89 bits per heavy atom. The van der Waals surface area contributed by atoms with Gasteiger partial charge in [0, 0.05) is 11.1 Å². The molecule has 0 fully saturated rings. The molecule has 0 spiro atoms. The van der Waals surface area contributed by atoms with Crippen LogP contribution in [0.15, 0.2) is 41.4 Å². The minimum absolute atomic E-state index is 0.0429. The third-order valence-corrected chi connectivity index (χ3v) is 4.07. The molecule has 0 aliphatic carbocycles. The number of Topliss-reactive ketones (excluding diaryl/α,β-unsaturated/α-hetero) is 1. The molecule has 2 aromatic rings. The number of ketones is 1. The SMILES string of the molecule is Cc1cnc(N)c(C(=O)CSc2ccccc2Cl)c1. The summed E-state index contributed by atoms with van der Waals surface area (Å²) in [4.78, 5) is 17.0. The molecule has 0 atom stereocenters. The van der Waals surface area contributed by atoms with E-state index in [4.69, 9.17) is 17.3 Å². The molecule has 2 rings (SSSR count). The second kappa shape index (κ2) is 6.08. The van der Waals surface area contributed by atoms with E-state index in [9.17, 15) is 4.79 Å². The van der Waals surface area contributed by atoms with Crippen molar-refractivity contribution in [2.75, 3.05) is 11.5 Å². The second-order valence-electron chi connectivity index (χ2n) is 4.09. The molecule has 3 nitrogen and oxygen atoms in total. The molecule has 1 heterocycles. The number of hydrogen-bond acceptors (Lipinski definition) is 4. The third-order valence-electron chi connectivity index (χ3n) is 2.55. The molecule has 0 unspecified atom stereocenters. The van der Waals surface area contributed by atoms with Crippen LogP contribution in [-0.2, 0) is 0 Å². The topological polar surface area (TPSA) is 56.0 Å². The largest absolute Gasteiger partial charge is 0.383 e. The summed E-state index contributed by atoms with van der Waals surface area (Å²) >= 11 is 7.44. The summed E-state index contributed by atoms with van der Waals surface area (Å²) in [6.45, 7) is 1.88. The van der Waals surface area contributed by atoms with Crippen LogP contribution in [0, 0.1) is 6.92 Å². The van der Waals surface area contributed by atoms with Crippen LogP contribution in [0.3, 0.4) is 0 Å². The number of anilines is 1. The monoisotopic (exact) mass is 292 g/mol. The molecule has 0 amide bonds. The standard InChI is InChI=1S/C14H13ClN2OS/c1-9-6-10(14(16)17-7-9)12(18)8-19-13-5-3-2-4-11(13)15/h2-7H,8H2,1H3,(H2,16,17). The van der Waals surface area contributed by atoms with Crippen LogP contribution in [0.5, 0.6) is 0 Å². The van der Waals surface area contributed by atoms with Gasteiger partial charge in [-0.1, -0.05) is 23.7 Å². The Kier molecular flexibility index (Phi) is 4.45. The molecule has 0 saturated carbocycles. The molecule has 5 heteroatoms. The van der Waals surface area contributed by atoms with E-state index in [1.165, 1.54) is 11.8 Å². The quantitative estimate of drug-likeness (QED) is 0.691. The number of thioether (sulfide) groups is 1. The summed E-state index contributed by atoms with van der Waals surface area (Å²) in [7, 11) is 0. The van der Waals surface area contributed by atoms with E-state index in [2.05, 4.69) is 4.98 Å². The molecule has 19 heavy (non-hydrogen) atoms. The number of carbonyl (C=O) groups is 1. The van der Waals surface area contributed by atoms with E-state index in [0.717, 1.165) is 10.5 Å². The number of aromatic nitrogens is 1. The van der Waals surface area contributed by atoms with Crippen molar-refractivity contribution in [1.29, 1.82) is 0 Å². The molecule has 2 N–H and O–H groups in total. The number of nitrogens with zero attached hydrogens (tertiary/aromatic N) is 1. The van der Waals surface area contributed by atoms with Crippen LogP contribution < -0.4 is 5.73 Å². The van der Waals surface area contributed by atoms with Crippen molar-refractivity contribution in [3.05, 3.63) is 52.7 Å². The van der Waals surface area contributed by atoms with Crippen LogP contribution in [0.25, 0.3) is 0 Å². The number of nitrogen functional groups attached to an aromatic ring is 1. The molecular weight excluding hydrogens is 280 g/mol. The Balaban J connectivity index is 2.10. The van der Waals surface area contributed by atoms with E-state index in [1.807, 2.05) is 25.1 Å². The molecule has 0 saturated heterocycles. The van der Waals surface area contributed by atoms with E-state index in [0.29, 0.717) is 16.3 Å². The summed E-state index contributed by atoms with van der Waals surface area (Å²) in [5.41, 5.74) is 7.11. The number of nitrogens with two attached hydrogens (primary N) is 1. The predicted molar refractivity (Wildman–Crippen MR) is 79.9 cm³/mol. The average Bonchev–Trinajstić information content (AvgIpc) is 2.40. The van der Waals surface area contributed by atoms with Crippen molar-refractivity contribution in [2.45, 2.75) is 11.8 Å². The zero-order valence-corrected chi connectivity index (χ0v) is 12.0. The maximum Gasteiger partial charge on any atom is 0.176 e. The summed E-state index contributed by atoms with van der Waals surface area (Å²) in [5.74, 6) is 0.521. The highest BCUT2D eigenvalue weighted by Crippen LogP contribution is 2.27. The molecule has 0 aliphatic heterocycles. The maximum absolute atomic E-state index is 12.1. The van der Waals surface area contributed by atoms with E-state index < -0.39 is 0 Å². The van der Waals surface area contributed by atoms with Gasteiger partial charge in [0.25, 0.3) is 0 Å². The van der Waals surface area contributed by atoms with Gasteiger partial charge in [-0.05, 0) is 30.7 Å². The number of hydrogen-bond donors (Lipinski definition) is 1. The van der Waals surface area contributed by atoms with Gasteiger partial charge in [-0.15, -0.1) is 11.8 Å². The Morgan fingerprint density at radius 2 is 2.16 bits per heavy atom. The van der Waals surface area contributed by atoms with Crippen LogP contribution in [-0.4, -0.2) is 16.5 Å². The van der Waals surface area contributed by atoms with Gasteiger partial charge < -0.3 is 5.73 Å². The molecule has 0 bridgehead atoms. The predicted octanol–water partition coefficient (Wildman–Crippen LogP) is 3.60. The molecule has 0 radical (unpaired) electrons. The van der Waals surface area contributed by atoms with Gasteiger partial charge in [-0.2, -0.15) is 0 Å². The highest BCUT2D eigenvalue weighted by atomic mass is 35.5. The Labute approximate surface area is 121 Å². The normalized spacial score (nSPS) is 10.4. The second-order valence-corrected chi connectivity index (χ2v) is 5.51. The average molecular weight is 293 g/mol. The first-order valence-electron chi connectivity index (χ1n) is 5.70. The minimum atomic E-state index is -0.0429. The van der Waals surface area contributed by atoms with Crippen molar-refractivity contribution in [3.8, 4) is 0 Å². The Hall–Kier alpha value is -1.52. The van der Waals surface area contributed by atoms with Gasteiger partial charge in [0.1, 0.15) is 5.82 Å². The van der Waals surface area contributed by atoms with E-state index in [1.54, 1.807) is 18.3 Å². The molecule has 0 aliphatic rings. The van der Waals surface area contributed by atoms with Gasteiger partial charge in [-0.3, -0.25) is 4.79 Å². The first kappa shape index (κ1) is 13.9. The van der Waals surface area contributed by atoms with Gasteiger partial charge in [0.05, 0.1) is 16.3 Å². The number of rotatable bonds is 4. The van der Waals surface area contributed by atoms with Crippen molar-refractivity contribution in [2.24, 2.45) is 0 Å². The molecule has 98 valence electrons. The number of halogens is 1. The van der Waals surface area contributed by atoms with Gasteiger partial charge in [0.2, 0.25) is 0 Å². The van der Waals surface area contributed by atoms with Crippen molar-refractivity contribution in [1.82, 2.24) is 4.98 Å². The zero-order chi connectivity index (χ0) is 13.8. The summed E-state index contributed by atoms with van der Waals surface area (Å²) < 4.78 is 0. The van der Waals surface area contributed by atoms with Gasteiger partial charge in [-0.25, -0.2) is 4.98 Å². The minimum Gasteiger partial charge on any atom is -0.383 e. The van der Waals surface area contributed by atoms with Crippen LogP contribution in [0.2, 0.25) is 5.02 Å². The number of carbonyl (C=O) groups excluding carboxylic acids is 1. The lowest BCUT2D eigenvalue weighted by atomic mass is 10.1. The Bertz CT molecular complexity index is 616. The lowest BCUT2D eigenvalue weighted by Gasteiger charge is -2.06. The van der Waals surface area contributed by atoms with Gasteiger partial charge >= 0.3 is 0 Å². The van der Waals surface area contributed by atoms with Crippen molar-refractivity contribution >= 4 is 35.0 Å². The van der Waals surface area contributed by atoms with E-state index in [-0.39, 0.29) is 11.6 Å². The number of aryl methyl sites for hydroxylation is 1. The number of pyridine rings is 1. The van der Waals surface area contributed by atoms with E-state index >= 15 is 0 Å². The fourth-order valence-electron chi connectivity index (χ4n) is 1.59. The first-order valence-corrected chi connectivity index (χ1v) is 7.07. The third kappa shape index (κ3) is 3.49. The zero-order valence-electron chi connectivity index (χ0n) is 10.4. The maximum atomic E-state index is 12.1. The fraction of sp³-hybridized carbons (Fsp3) is 0.143. The van der Waals surface area contributed by atoms with Gasteiger partial charge in [0.15, 0.2) is 5.78 Å². The highest BCUT2D eigenvalue weighted by molar-refractivity contribution is 8.00. The summed E-state index contributed by atoms with van der Waals surface area (Å²) in [5, 5.41) is 0.649. The van der Waals surface area contributed by atoms with Crippen molar-refractivity contribution in [3.63, 3.8) is 0 Å². The number of benzene rings is 1. The molecular formula is C14H13ClN2OS. The van der Waals surface area contributed by atoms with Crippen LogP contribution in [0.1, 0.15) is 15.9 Å². The smallest absolute Gasteiger partial charge is 0.176 e. The summed E-state index contributed by atoms with van der Waals surface area (Å²) in [6.07, 6.45) is 1.65. The lowest BCUT2D eigenvalue weighted by molar-refractivity contribution is 0.102. The lowest BCUT2D eigenvalue weighted by Crippen LogP contribution is -2.08. The highest BCUT2D eigenvalue weighted by Gasteiger charge is 2.12. The van der Waals surface area contributed by atoms with Crippen LogP contribution >= 0.6 is 23.4 Å². The van der Waals surface area contributed by atoms with Crippen LogP contribution in [0.4, 0.5) is 5.82 Å². The molecule has 1 aromatic heterocycles. The fourth-order valence-corrected chi connectivity index (χ4v) is 2.71. The Morgan fingerprint density at radius 1 is 1.42 bits per heavy atom. The summed E-state index contributed by atoms with van der Waals surface area (Å²) in [6, 6.07) is 9.20. The molecule has 1 aromatic carbocycles. The first-order chi connectivity index (χ1) is 9.08. The van der Waals surface area contributed by atoms with Crippen molar-refractivity contribution < 1.29 is 4.79 Å².